The molecule has 0 aliphatic carbocycles. The molecule has 0 radical (unpaired) electrons. The van der Waals surface area contributed by atoms with Gasteiger partial charge in [0.15, 0.2) is 0 Å². The maximum absolute atomic E-state index is 14.2. The average molecular weight is 616 g/mol. The Bertz CT molecular complexity index is 1590. The van der Waals surface area contributed by atoms with Gasteiger partial charge < -0.3 is 25.3 Å². The molecule has 2 aliphatic rings. The van der Waals surface area contributed by atoms with E-state index < -0.39 is 29.7 Å². The van der Waals surface area contributed by atoms with Crippen LogP contribution in [0, 0.1) is 11.2 Å². The lowest BCUT2D eigenvalue weighted by molar-refractivity contribution is -0.156. The zero-order chi connectivity index (χ0) is 32.5. The van der Waals surface area contributed by atoms with Crippen molar-refractivity contribution in [2.45, 2.75) is 64.8 Å². The van der Waals surface area contributed by atoms with Crippen molar-refractivity contribution in [3.05, 3.63) is 83.7 Å². The Morgan fingerprint density at radius 1 is 0.978 bits per heavy atom. The van der Waals surface area contributed by atoms with Gasteiger partial charge in [-0.2, -0.15) is 0 Å². The molecule has 0 bridgehead atoms. The molecule has 0 saturated carbocycles. The van der Waals surface area contributed by atoms with Crippen molar-refractivity contribution in [2.24, 2.45) is 5.41 Å². The second kappa shape index (κ2) is 13.0. The van der Waals surface area contributed by atoms with Crippen molar-refractivity contribution < 1.29 is 23.6 Å². The summed E-state index contributed by atoms with van der Waals surface area (Å²) in [6.45, 7) is 7.64. The van der Waals surface area contributed by atoms with E-state index in [0.717, 1.165) is 21.9 Å². The number of likely N-dealkylation sites (N-methyl/N-ethyl adjacent to an activating group) is 1. The Kier molecular flexibility index (Phi) is 9.25. The highest BCUT2D eigenvalue weighted by Gasteiger charge is 2.53. The highest BCUT2D eigenvalue weighted by atomic mass is 19.1. The predicted octanol–water partition coefficient (Wildman–Crippen LogP) is 3.11. The number of nitrogens with zero attached hydrogens (tertiary/aromatic N) is 3. The van der Waals surface area contributed by atoms with Gasteiger partial charge in [-0.1, -0.05) is 75.4 Å². The number of carbonyl (C=O) groups excluding carboxylic acids is 4. The number of nitrogens with one attached hydrogen (secondary N) is 2. The molecule has 2 saturated heterocycles. The van der Waals surface area contributed by atoms with Crippen molar-refractivity contribution in [1.82, 2.24) is 25.3 Å². The minimum Gasteiger partial charge on any atom is -0.342 e. The molecule has 238 valence electrons. The predicted molar refractivity (Wildman–Crippen MR) is 170 cm³/mol. The number of fused-ring (bicyclic) bond motifs is 2. The summed E-state index contributed by atoms with van der Waals surface area (Å²) in [5.41, 5.74) is 1.14. The van der Waals surface area contributed by atoms with E-state index in [1.807, 2.05) is 63.2 Å². The summed E-state index contributed by atoms with van der Waals surface area (Å²) in [5.74, 6) is -1.50. The smallest absolute Gasteiger partial charge is 0.247 e. The van der Waals surface area contributed by atoms with E-state index in [-0.39, 0.29) is 42.5 Å². The third-order valence-corrected chi connectivity index (χ3v) is 8.93. The summed E-state index contributed by atoms with van der Waals surface area (Å²) in [7, 11) is 1.67. The van der Waals surface area contributed by atoms with Crippen LogP contribution in [0.5, 0.6) is 0 Å². The van der Waals surface area contributed by atoms with Crippen LogP contribution in [-0.4, -0.2) is 89.3 Å². The van der Waals surface area contributed by atoms with E-state index >= 15 is 0 Å². The molecule has 45 heavy (non-hydrogen) atoms. The highest BCUT2D eigenvalue weighted by Crippen LogP contribution is 2.31. The fourth-order valence-corrected chi connectivity index (χ4v) is 6.16. The molecule has 4 atom stereocenters. The quantitative estimate of drug-likeness (QED) is 0.385. The molecule has 2 aliphatic heterocycles. The molecular formula is C35H42FN5O4. The topological polar surface area (TPSA) is 102 Å². The molecule has 0 aromatic heterocycles. The zero-order valence-electron chi connectivity index (χ0n) is 26.5. The van der Waals surface area contributed by atoms with Crippen molar-refractivity contribution >= 4 is 34.4 Å². The van der Waals surface area contributed by atoms with Crippen LogP contribution >= 0.6 is 0 Å². The maximum Gasteiger partial charge on any atom is 0.247 e. The molecule has 3 aromatic carbocycles. The van der Waals surface area contributed by atoms with Gasteiger partial charge >= 0.3 is 0 Å². The van der Waals surface area contributed by atoms with E-state index in [1.165, 1.54) is 17.0 Å². The monoisotopic (exact) mass is 615 g/mol. The molecular weight excluding hydrogens is 573 g/mol. The molecule has 3 aromatic rings. The van der Waals surface area contributed by atoms with Gasteiger partial charge in [0.2, 0.25) is 23.6 Å². The molecule has 4 unspecified atom stereocenters. The third-order valence-electron chi connectivity index (χ3n) is 8.93. The zero-order valence-corrected chi connectivity index (χ0v) is 26.5. The summed E-state index contributed by atoms with van der Waals surface area (Å²) in [6.07, 6.45) is 0.0938. The van der Waals surface area contributed by atoms with E-state index in [0.29, 0.717) is 19.4 Å². The Hall–Kier alpha value is -4.31. The number of benzene rings is 3. The van der Waals surface area contributed by atoms with Crippen LogP contribution in [-0.2, 0) is 32.0 Å². The number of rotatable bonds is 9. The van der Waals surface area contributed by atoms with Crippen LogP contribution in [0.25, 0.3) is 10.8 Å². The van der Waals surface area contributed by atoms with Gasteiger partial charge in [0, 0.05) is 13.0 Å². The fourth-order valence-electron chi connectivity index (χ4n) is 6.16. The first kappa shape index (κ1) is 32.1. The Labute approximate surface area is 263 Å². The average Bonchev–Trinajstić information content (AvgIpc) is 3.35. The Morgan fingerprint density at radius 2 is 1.64 bits per heavy atom. The lowest BCUT2D eigenvalue weighted by Crippen LogP contribution is -2.66. The molecule has 5 rings (SSSR count). The highest BCUT2D eigenvalue weighted by molar-refractivity contribution is 5.97. The number of hydrogen-bond donors (Lipinski definition) is 2. The van der Waals surface area contributed by atoms with Gasteiger partial charge in [-0.25, -0.2) is 4.39 Å². The maximum atomic E-state index is 14.2. The van der Waals surface area contributed by atoms with Crippen LogP contribution in [0.2, 0.25) is 0 Å². The second-order valence-corrected chi connectivity index (χ2v) is 13.1. The summed E-state index contributed by atoms with van der Waals surface area (Å²) in [6, 6.07) is 17.9. The molecule has 9 nitrogen and oxygen atoms in total. The van der Waals surface area contributed by atoms with Crippen molar-refractivity contribution in [3.63, 3.8) is 0 Å². The van der Waals surface area contributed by atoms with Gasteiger partial charge in [-0.3, -0.25) is 19.2 Å². The first-order valence-electron chi connectivity index (χ1n) is 15.5. The second-order valence-electron chi connectivity index (χ2n) is 13.1. The van der Waals surface area contributed by atoms with Gasteiger partial charge in [-0.05, 0) is 59.8 Å². The van der Waals surface area contributed by atoms with Crippen LogP contribution in [0.3, 0.4) is 0 Å². The summed E-state index contributed by atoms with van der Waals surface area (Å²) in [5, 5.41) is 7.91. The Morgan fingerprint density at radius 3 is 2.31 bits per heavy atom. The molecule has 4 amide bonds. The van der Waals surface area contributed by atoms with Crippen LogP contribution in [0.15, 0.2) is 66.7 Å². The number of amides is 4. The SMILES string of the molecule is CNC(C)C(=O)NC(C(=O)N1CC(=O)N2C(Cc3ccc4ccccc4c3)C(=O)N(CCc3ccc(F)cc3)CC12)C(C)(C)C. The third kappa shape index (κ3) is 6.86. The minimum atomic E-state index is -0.891. The normalized spacial score (nSPS) is 19.9. The molecule has 0 spiro atoms. The van der Waals surface area contributed by atoms with Crippen LogP contribution in [0.4, 0.5) is 4.39 Å². The van der Waals surface area contributed by atoms with E-state index in [2.05, 4.69) is 10.6 Å². The Balaban J connectivity index is 1.46. The van der Waals surface area contributed by atoms with Crippen molar-refractivity contribution in [3.8, 4) is 0 Å². The van der Waals surface area contributed by atoms with Crippen molar-refractivity contribution in [2.75, 3.05) is 26.7 Å². The standard InChI is InChI=1S/C35H42FN5O4/c1-22(37-5)32(43)38-31(35(2,3)4)34(45)40-21-30(42)41-28(19-24-10-13-25-8-6-7-9-26(25)18-24)33(44)39(20-29(40)41)17-16-23-11-14-27(36)15-12-23/h6-15,18,22,28-29,31,37H,16-17,19-21H2,1-5H3,(H,38,43). The van der Waals surface area contributed by atoms with Gasteiger partial charge in [0.1, 0.15) is 30.6 Å². The van der Waals surface area contributed by atoms with Crippen LogP contribution < -0.4 is 10.6 Å². The molecule has 10 heteroatoms. The number of piperazine rings is 1. The lowest BCUT2D eigenvalue weighted by Gasteiger charge is -2.45. The van der Waals surface area contributed by atoms with Crippen molar-refractivity contribution in [1.29, 1.82) is 0 Å². The number of halogens is 1. The number of carbonyl (C=O) groups is 4. The first-order chi connectivity index (χ1) is 21.4. The minimum absolute atomic E-state index is 0.142. The molecule has 2 heterocycles. The summed E-state index contributed by atoms with van der Waals surface area (Å²) < 4.78 is 13.5. The first-order valence-corrected chi connectivity index (χ1v) is 15.5. The fraction of sp³-hybridized carbons (Fsp3) is 0.429. The largest absolute Gasteiger partial charge is 0.342 e. The van der Waals surface area contributed by atoms with E-state index in [1.54, 1.807) is 35.9 Å². The van der Waals surface area contributed by atoms with E-state index in [4.69, 9.17) is 0 Å². The number of hydrogen-bond acceptors (Lipinski definition) is 5. The van der Waals surface area contributed by atoms with E-state index in [9.17, 15) is 23.6 Å². The molecule has 2 fully saturated rings. The van der Waals surface area contributed by atoms with Gasteiger partial charge in [0.25, 0.3) is 0 Å². The van der Waals surface area contributed by atoms with Gasteiger partial charge in [-0.15, -0.1) is 0 Å². The molecule has 2 N–H and O–H groups in total. The van der Waals surface area contributed by atoms with Gasteiger partial charge in [0.05, 0.1) is 12.6 Å². The van der Waals surface area contributed by atoms with Crippen LogP contribution in [0.1, 0.15) is 38.8 Å². The summed E-state index contributed by atoms with van der Waals surface area (Å²) in [4.78, 5) is 59.7. The lowest BCUT2D eigenvalue weighted by atomic mass is 9.85. The summed E-state index contributed by atoms with van der Waals surface area (Å²) >= 11 is 0.